The lowest BCUT2D eigenvalue weighted by Gasteiger charge is -2.13. The molecule has 0 atom stereocenters. The summed E-state index contributed by atoms with van der Waals surface area (Å²) in [6, 6.07) is 25.9. The summed E-state index contributed by atoms with van der Waals surface area (Å²) < 4.78 is 17.5. The van der Waals surface area contributed by atoms with Crippen molar-refractivity contribution >= 4 is 11.0 Å². The van der Waals surface area contributed by atoms with Crippen molar-refractivity contribution < 1.29 is 13.9 Å². The quantitative estimate of drug-likeness (QED) is 0.462. The highest BCUT2D eigenvalue weighted by Crippen LogP contribution is 2.34. The first-order valence-electron chi connectivity index (χ1n) is 8.23. The van der Waals surface area contributed by atoms with E-state index in [0.717, 1.165) is 22.1 Å². The second kappa shape index (κ2) is 7.14. The zero-order valence-corrected chi connectivity index (χ0v) is 13.7. The van der Waals surface area contributed by atoms with Gasteiger partial charge in [-0.3, -0.25) is 0 Å². The van der Waals surface area contributed by atoms with Gasteiger partial charge in [-0.05, 0) is 23.3 Å². The summed E-state index contributed by atoms with van der Waals surface area (Å²) in [5, 5.41) is 0.995. The smallest absolute Gasteiger partial charge is 0.165 e. The van der Waals surface area contributed by atoms with Crippen LogP contribution in [0, 0.1) is 0 Å². The lowest BCUT2D eigenvalue weighted by Crippen LogP contribution is -2.00. The van der Waals surface area contributed by atoms with E-state index >= 15 is 0 Å². The van der Waals surface area contributed by atoms with Gasteiger partial charge in [-0.25, -0.2) is 0 Å². The molecule has 0 saturated carbocycles. The highest BCUT2D eigenvalue weighted by atomic mass is 16.5. The Kier molecular flexibility index (Phi) is 4.38. The number of rotatable bonds is 6. The molecule has 3 heteroatoms. The van der Waals surface area contributed by atoms with Crippen LogP contribution in [0.25, 0.3) is 11.0 Å². The number of fused-ring (bicyclic) bond motifs is 1. The molecule has 124 valence electrons. The molecule has 0 fully saturated rings. The van der Waals surface area contributed by atoms with Crippen molar-refractivity contribution in [2.75, 3.05) is 0 Å². The van der Waals surface area contributed by atoms with Crippen LogP contribution in [0.2, 0.25) is 0 Å². The third-order valence-corrected chi connectivity index (χ3v) is 3.99. The van der Waals surface area contributed by atoms with E-state index in [1.54, 1.807) is 6.26 Å². The molecule has 4 rings (SSSR count). The maximum absolute atomic E-state index is 6.02. The highest BCUT2D eigenvalue weighted by molar-refractivity contribution is 5.81. The van der Waals surface area contributed by atoms with Crippen LogP contribution in [-0.2, 0) is 13.2 Å². The molecule has 0 aliphatic rings. The van der Waals surface area contributed by atoms with E-state index in [9.17, 15) is 0 Å². The van der Waals surface area contributed by atoms with E-state index in [1.165, 1.54) is 0 Å². The lowest BCUT2D eigenvalue weighted by molar-refractivity contribution is 0.256. The molecule has 1 heterocycles. The summed E-state index contributed by atoms with van der Waals surface area (Å²) in [5.74, 6) is 1.40. The molecule has 3 aromatic carbocycles. The Balaban J connectivity index is 1.57. The molecule has 0 aliphatic carbocycles. The molecule has 1 aromatic heterocycles. The SMILES string of the molecule is c1ccc(COc2cc3ccoc3cc2OCc2ccccc2)cc1. The fourth-order valence-corrected chi connectivity index (χ4v) is 2.67. The van der Waals surface area contributed by atoms with Crippen molar-refractivity contribution in [3.05, 3.63) is 96.3 Å². The first kappa shape index (κ1) is 15.3. The van der Waals surface area contributed by atoms with Crippen LogP contribution >= 0.6 is 0 Å². The molecule has 0 spiro atoms. The highest BCUT2D eigenvalue weighted by Gasteiger charge is 2.10. The third kappa shape index (κ3) is 3.66. The van der Waals surface area contributed by atoms with Crippen LogP contribution in [0.5, 0.6) is 11.5 Å². The minimum Gasteiger partial charge on any atom is -0.485 e. The predicted octanol–water partition coefficient (Wildman–Crippen LogP) is 5.59. The van der Waals surface area contributed by atoms with Crippen LogP contribution in [-0.4, -0.2) is 0 Å². The second-order valence-corrected chi connectivity index (χ2v) is 5.81. The van der Waals surface area contributed by atoms with E-state index in [0.29, 0.717) is 24.7 Å². The van der Waals surface area contributed by atoms with Gasteiger partial charge in [0.25, 0.3) is 0 Å². The van der Waals surface area contributed by atoms with Gasteiger partial charge in [0.1, 0.15) is 18.8 Å². The van der Waals surface area contributed by atoms with Crippen LogP contribution in [0.4, 0.5) is 0 Å². The first-order chi connectivity index (χ1) is 12.4. The average molecular weight is 330 g/mol. The van der Waals surface area contributed by atoms with Gasteiger partial charge in [0.2, 0.25) is 0 Å². The number of ether oxygens (including phenoxy) is 2. The van der Waals surface area contributed by atoms with E-state index in [1.807, 2.05) is 78.9 Å². The van der Waals surface area contributed by atoms with Crippen molar-refractivity contribution in [2.45, 2.75) is 13.2 Å². The summed E-state index contributed by atoms with van der Waals surface area (Å²) in [4.78, 5) is 0. The van der Waals surface area contributed by atoms with Crippen molar-refractivity contribution in [3.63, 3.8) is 0 Å². The molecule has 25 heavy (non-hydrogen) atoms. The maximum atomic E-state index is 6.02. The van der Waals surface area contributed by atoms with Gasteiger partial charge in [-0.2, -0.15) is 0 Å². The van der Waals surface area contributed by atoms with Gasteiger partial charge in [0.15, 0.2) is 11.5 Å². The normalized spacial score (nSPS) is 10.7. The zero-order valence-electron chi connectivity index (χ0n) is 13.7. The Morgan fingerprint density at radius 1 is 0.640 bits per heavy atom. The molecule has 0 saturated heterocycles. The van der Waals surface area contributed by atoms with E-state index in [-0.39, 0.29) is 0 Å². The largest absolute Gasteiger partial charge is 0.485 e. The van der Waals surface area contributed by atoms with Gasteiger partial charge >= 0.3 is 0 Å². The standard InChI is InChI=1S/C22H18O3/c1-3-7-17(8-4-1)15-24-21-13-19-11-12-23-20(19)14-22(21)25-16-18-9-5-2-6-10-18/h1-14H,15-16H2. The Labute approximate surface area is 146 Å². The molecule has 0 radical (unpaired) electrons. The molecule has 0 N–H and O–H groups in total. The summed E-state index contributed by atoms with van der Waals surface area (Å²) >= 11 is 0. The van der Waals surface area contributed by atoms with Crippen LogP contribution < -0.4 is 9.47 Å². The Morgan fingerprint density at radius 2 is 1.20 bits per heavy atom. The van der Waals surface area contributed by atoms with E-state index < -0.39 is 0 Å². The Hall–Kier alpha value is -3.20. The number of benzene rings is 3. The van der Waals surface area contributed by atoms with Gasteiger partial charge < -0.3 is 13.9 Å². The average Bonchev–Trinajstić information content (AvgIpc) is 3.13. The second-order valence-electron chi connectivity index (χ2n) is 5.81. The summed E-state index contributed by atoms with van der Waals surface area (Å²) in [6.07, 6.45) is 1.67. The summed E-state index contributed by atoms with van der Waals surface area (Å²) in [7, 11) is 0. The number of hydrogen-bond acceptors (Lipinski definition) is 3. The van der Waals surface area contributed by atoms with Gasteiger partial charge in [0.05, 0.1) is 6.26 Å². The minimum absolute atomic E-state index is 0.481. The van der Waals surface area contributed by atoms with Crippen LogP contribution in [0.3, 0.4) is 0 Å². The lowest BCUT2D eigenvalue weighted by atomic mass is 10.2. The predicted molar refractivity (Wildman–Crippen MR) is 97.8 cm³/mol. The molecule has 3 nitrogen and oxygen atoms in total. The fourth-order valence-electron chi connectivity index (χ4n) is 2.67. The van der Waals surface area contributed by atoms with Crippen molar-refractivity contribution in [1.29, 1.82) is 0 Å². The van der Waals surface area contributed by atoms with Gasteiger partial charge in [-0.1, -0.05) is 60.7 Å². The molecular formula is C22H18O3. The Bertz CT molecular complexity index is 865. The third-order valence-electron chi connectivity index (χ3n) is 3.99. The topological polar surface area (TPSA) is 31.6 Å². The minimum atomic E-state index is 0.481. The molecule has 0 amide bonds. The van der Waals surface area contributed by atoms with Gasteiger partial charge in [-0.15, -0.1) is 0 Å². The molecular weight excluding hydrogens is 312 g/mol. The van der Waals surface area contributed by atoms with E-state index in [4.69, 9.17) is 13.9 Å². The van der Waals surface area contributed by atoms with Crippen LogP contribution in [0.1, 0.15) is 11.1 Å². The maximum Gasteiger partial charge on any atom is 0.165 e. The van der Waals surface area contributed by atoms with Gasteiger partial charge in [0, 0.05) is 11.5 Å². The van der Waals surface area contributed by atoms with Crippen molar-refractivity contribution in [3.8, 4) is 11.5 Å². The van der Waals surface area contributed by atoms with Crippen molar-refractivity contribution in [1.82, 2.24) is 0 Å². The molecule has 0 aliphatic heterocycles. The fraction of sp³-hybridized carbons (Fsp3) is 0.0909. The molecule has 0 unspecified atom stereocenters. The molecule has 0 bridgehead atoms. The number of hydrogen-bond donors (Lipinski definition) is 0. The van der Waals surface area contributed by atoms with Crippen LogP contribution in [0.15, 0.2) is 89.5 Å². The monoisotopic (exact) mass is 330 g/mol. The summed E-state index contributed by atoms with van der Waals surface area (Å²) in [6.45, 7) is 0.973. The Morgan fingerprint density at radius 3 is 1.80 bits per heavy atom. The zero-order chi connectivity index (χ0) is 16.9. The number of furan rings is 1. The molecule has 4 aromatic rings. The summed E-state index contributed by atoms with van der Waals surface area (Å²) in [5.41, 5.74) is 3.01. The first-order valence-corrected chi connectivity index (χ1v) is 8.23. The van der Waals surface area contributed by atoms with E-state index in [2.05, 4.69) is 0 Å². The van der Waals surface area contributed by atoms with Crippen molar-refractivity contribution in [2.24, 2.45) is 0 Å².